The maximum atomic E-state index is 12.8. The van der Waals surface area contributed by atoms with Crippen LogP contribution in [-0.4, -0.2) is 22.9 Å². The largest absolute Gasteiger partial charge is 0.453 e. The lowest BCUT2D eigenvalue weighted by Gasteiger charge is -2.26. The van der Waals surface area contributed by atoms with E-state index in [2.05, 4.69) is 10.4 Å². The zero-order valence-corrected chi connectivity index (χ0v) is 10.4. The summed E-state index contributed by atoms with van der Waals surface area (Å²) < 4.78 is 45.5. The fourth-order valence-electron chi connectivity index (χ4n) is 1.95. The molecule has 7 heteroatoms. The number of halogens is 3. The van der Waals surface area contributed by atoms with Crippen LogP contribution in [0.4, 0.5) is 13.2 Å². The van der Waals surface area contributed by atoms with Crippen LogP contribution in [0.3, 0.4) is 0 Å². The number of hydrogen-bond donors (Lipinski definition) is 1. The first-order valence-corrected chi connectivity index (χ1v) is 6.13. The van der Waals surface area contributed by atoms with Gasteiger partial charge in [0, 0.05) is 13.1 Å². The third kappa shape index (κ3) is 2.49. The molecule has 1 aromatic carbocycles. The average molecular weight is 283 g/mol. The van der Waals surface area contributed by atoms with Crippen LogP contribution in [0.25, 0.3) is 0 Å². The lowest BCUT2D eigenvalue weighted by Crippen LogP contribution is -2.43. The molecule has 1 aliphatic rings. The first-order valence-electron chi connectivity index (χ1n) is 6.13. The van der Waals surface area contributed by atoms with E-state index in [1.807, 2.05) is 0 Å². The van der Waals surface area contributed by atoms with E-state index in [0.717, 1.165) is 19.2 Å². The van der Waals surface area contributed by atoms with Gasteiger partial charge in [-0.15, -0.1) is 0 Å². The van der Waals surface area contributed by atoms with Gasteiger partial charge in [0.2, 0.25) is 0 Å². The quantitative estimate of drug-likeness (QED) is 0.941. The summed E-state index contributed by atoms with van der Waals surface area (Å²) in [6.45, 7) is 1.61. The Morgan fingerprint density at radius 3 is 2.65 bits per heavy atom. The van der Waals surface area contributed by atoms with Crippen molar-refractivity contribution in [3.63, 3.8) is 0 Å². The molecule has 1 N–H and O–H groups in total. The van der Waals surface area contributed by atoms with Gasteiger partial charge in [0.05, 0.1) is 24.0 Å². The van der Waals surface area contributed by atoms with E-state index in [9.17, 15) is 13.2 Å². The minimum atomic E-state index is -4.44. The minimum absolute atomic E-state index is 0.216. The molecule has 4 nitrogen and oxygen atoms in total. The van der Waals surface area contributed by atoms with E-state index in [0.29, 0.717) is 5.75 Å². The first-order chi connectivity index (χ1) is 9.54. The Morgan fingerprint density at radius 1 is 1.25 bits per heavy atom. The van der Waals surface area contributed by atoms with Crippen LogP contribution in [0.1, 0.15) is 11.6 Å². The van der Waals surface area contributed by atoms with Gasteiger partial charge in [-0.05, 0) is 12.1 Å². The fourth-order valence-corrected chi connectivity index (χ4v) is 1.95. The number of benzene rings is 1. The number of nitrogens with zero attached hydrogens (tertiary/aromatic N) is 2. The molecule has 1 fully saturated rings. The van der Waals surface area contributed by atoms with Gasteiger partial charge in [0.1, 0.15) is 5.75 Å². The Kier molecular flexibility index (Phi) is 3.13. The van der Waals surface area contributed by atoms with Crippen molar-refractivity contribution in [1.82, 2.24) is 15.1 Å². The average Bonchev–Trinajstić information content (AvgIpc) is 2.74. The van der Waals surface area contributed by atoms with Crippen molar-refractivity contribution in [1.29, 1.82) is 0 Å². The molecule has 0 amide bonds. The molecule has 0 saturated carbocycles. The molecule has 2 aromatic rings. The van der Waals surface area contributed by atoms with Crippen molar-refractivity contribution in [2.45, 2.75) is 12.2 Å². The summed E-state index contributed by atoms with van der Waals surface area (Å²) in [4.78, 5) is 0. The van der Waals surface area contributed by atoms with Gasteiger partial charge in [-0.2, -0.15) is 18.3 Å². The highest BCUT2D eigenvalue weighted by atomic mass is 19.4. The van der Waals surface area contributed by atoms with Crippen LogP contribution in [-0.2, 0) is 6.18 Å². The molecule has 20 heavy (non-hydrogen) atoms. The molecular formula is C13H12F3N3O. The molecule has 106 valence electrons. The Hall–Kier alpha value is -2.02. The molecule has 0 radical (unpaired) electrons. The predicted octanol–water partition coefficient (Wildman–Crippen LogP) is 2.84. The van der Waals surface area contributed by atoms with Crippen molar-refractivity contribution in [2.75, 3.05) is 13.1 Å². The van der Waals surface area contributed by atoms with Gasteiger partial charge in [-0.25, -0.2) is 0 Å². The number of alkyl halides is 3. The van der Waals surface area contributed by atoms with Gasteiger partial charge in [-0.1, -0.05) is 12.1 Å². The molecule has 2 heterocycles. The molecular weight excluding hydrogens is 271 g/mol. The second-order valence-corrected chi connectivity index (χ2v) is 4.56. The van der Waals surface area contributed by atoms with E-state index in [-0.39, 0.29) is 11.8 Å². The van der Waals surface area contributed by atoms with Crippen molar-refractivity contribution >= 4 is 0 Å². The molecule has 0 aliphatic carbocycles. The Labute approximate surface area is 113 Å². The number of nitrogens with one attached hydrogen (secondary N) is 1. The summed E-state index contributed by atoms with van der Waals surface area (Å²) in [5, 5.41) is 7.19. The third-order valence-corrected chi connectivity index (χ3v) is 3.13. The Balaban J connectivity index is 1.82. The topological polar surface area (TPSA) is 39.1 Å². The third-order valence-electron chi connectivity index (χ3n) is 3.13. The molecule has 0 unspecified atom stereocenters. The lowest BCUT2D eigenvalue weighted by atomic mass is 10.2. The zero-order chi connectivity index (χ0) is 14.2. The molecule has 3 rings (SSSR count). The van der Waals surface area contributed by atoms with Crippen LogP contribution >= 0.6 is 0 Å². The van der Waals surface area contributed by atoms with Gasteiger partial charge in [-0.3, -0.25) is 4.68 Å². The first kappa shape index (κ1) is 13.0. The lowest BCUT2D eigenvalue weighted by molar-refractivity contribution is -0.138. The standard InChI is InChI=1S/C13H12F3N3O/c14-13(15,16)11-3-1-2-4-12(11)20-10-7-18-19(8-10)9-5-17-6-9/h1-4,7-9,17H,5-6H2. The van der Waals surface area contributed by atoms with Crippen LogP contribution in [0, 0.1) is 0 Å². The maximum Gasteiger partial charge on any atom is 0.419 e. The summed E-state index contributed by atoms with van der Waals surface area (Å²) in [6, 6.07) is 5.37. The molecule has 0 spiro atoms. The monoisotopic (exact) mass is 283 g/mol. The molecule has 0 atom stereocenters. The van der Waals surface area contributed by atoms with Crippen molar-refractivity contribution < 1.29 is 17.9 Å². The van der Waals surface area contributed by atoms with Crippen LogP contribution in [0.2, 0.25) is 0 Å². The SMILES string of the molecule is FC(F)(F)c1ccccc1Oc1cnn(C2CNC2)c1. The highest BCUT2D eigenvalue weighted by Gasteiger charge is 2.34. The van der Waals surface area contributed by atoms with Gasteiger partial charge >= 0.3 is 6.18 Å². The summed E-state index contributed by atoms with van der Waals surface area (Å²) >= 11 is 0. The molecule has 1 saturated heterocycles. The highest BCUT2D eigenvalue weighted by Crippen LogP contribution is 2.37. The summed E-state index contributed by atoms with van der Waals surface area (Å²) in [7, 11) is 0. The van der Waals surface area contributed by atoms with E-state index in [1.54, 1.807) is 10.9 Å². The van der Waals surface area contributed by atoms with Crippen LogP contribution in [0.15, 0.2) is 36.7 Å². The van der Waals surface area contributed by atoms with E-state index in [1.165, 1.54) is 24.4 Å². The smallest absolute Gasteiger partial charge is 0.419 e. The Bertz CT molecular complexity index is 605. The van der Waals surface area contributed by atoms with Crippen molar-refractivity contribution in [2.24, 2.45) is 0 Å². The summed E-state index contributed by atoms with van der Waals surface area (Å²) in [6.07, 6.45) is -1.41. The van der Waals surface area contributed by atoms with Crippen molar-refractivity contribution in [3.8, 4) is 11.5 Å². The molecule has 1 aliphatic heterocycles. The number of ether oxygens (including phenoxy) is 1. The van der Waals surface area contributed by atoms with Crippen molar-refractivity contribution in [3.05, 3.63) is 42.2 Å². The van der Waals surface area contributed by atoms with Crippen LogP contribution in [0.5, 0.6) is 11.5 Å². The number of rotatable bonds is 3. The maximum absolute atomic E-state index is 12.8. The van der Waals surface area contributed by atoms with E-state index >= 15 is 0 Å². The summed E-state index contributed by atoms with van der Waals surface area (Å²) in [5.74, 6) is 0.0832. The van der Waals surface area contributed by atoms with Gasteiger partial charge < -0.3 is 10.1 Å². The Morgan fingerprint density at radius 2 is 2.00 bits per heavy atom. The van der Waals surface area contributed by atoms with Crippen LogP contribution < -0.4 is 10.1 Å². The number of aromatic nitrogens is 2. The van der Waals surface area contributed by atoms with Gasteiger partial charge in [0.15, 0.2) is 5.75 Å². The fraction of sp³-hybridized carbons (Fsp3) is 0.308. The minimum Gasteiger partial charge on any atom is -0.453 e. The zero-order valence-electron chi connectivity index (χ0n) is 10.4. The highest BCUT2D eigenvalue weighted by molar-refractivity contribution is 5.38. The van der Waals surface area contributed by atoms with Gasteiger partial charge in [0.25, 0.3) is 0 Å². The second-order valence-electron chi connectivity index (χ2n) is 4.56. The number of para-hydroxylation sites is 1. The van der Waals surface area contributed by atoms with E-state index < -0.39 is 11.7 Å². The second kappa shape index (κ2) is 4.82. The molecule has 1 aromatic heterocycles. The number of hydrogen-bond acceptors (Lipinski definition) is 3. The van der Waals surface area contributed by atoms with E-state index in [4.69, 9.17) is 4.74 Å². The predicted molar refractivity (Wildman–Crippen MR) is 65.7 cm³/mol. The normalized spacial score (nSPS) is 15.9. The summed E-state index contributed by atoms with van der Waals surface area (Å²) in [5.41, 5.74) is -0.793. The molecule has 0 bridgehead atoms.